The van der Waals surface area contributed by atoms with E-state index >= 15 is 0 Å². The standard InChI is InChI=1S/C16H15N7O2S/c1-8(26-15-21-9(5-17)3-14(18)22-15)11-4-10-12(6-19-11)20-7-13(10)23(2)16(24)25/h3-4,6-8,20H,1-2H3,(H,24,25)(H2,18,21,22). The van der Waals surface area contributed by atoms with Crippen LogP contribution in [0.25, 0.3) is 10.9 Å². The summed E-state index contributed by atoms with van der Waals surface area (Å²) in [6.07, 6.45) is 2.23. The number of thioether (sulfide) groups is 1. The third-order valence-electron chi connectivity index (χ3n) is 3.75. The van der Waals surface area contributed by atoms with E-state index in [1.807, 2.05) is 19.1 Å². The van der Waals surface area contributed by atoms with E-state index in [4.69, 9.17) is 11.0 Å². The summed E-state index contributed by atoms with van der Waals surface area (Å²) in [7, 11) is 1.48. The highest BCUT2D eigenvalue weighted by atomic mass is 32.2. The van der Waals surface area contributed by atoms with E-state index in [1.165, 1.54) is 24.9 Å². The van der Waals surface area contributed by atoms with Crippen molar-refractivity contribution in [3.05, 3.63) is 35.9 Å². The smallest absolute Gasteiger partial charge is 0.411 e. The first-order chi connectivity index (χ1) is 12.4. The number of pyridine rings is 1. The number of H-pyrrole nitrogens is 1. The lowest BCUT2D eigenvalue weighted by atomic mass is 10.2. The molecule has 0 aromatic carbocycles. The fraction of sp³-hybridized carbons (Fsp3) is 0.188. The molecule has 9 nitrogen and oxygen atoms in total. The first-order valence-electron chi connectivity index (χ1n) is 7.54. The Bertz CT molecular complexity index is 1030. The van der Waals surface area contributed by atoms with Crippen LogP contribution in [0.3, 0.4) is 0 Å². The van der Waals surface area contributed by atoms with E-state index in [9.17, 15) is 9.90 Å². The van der Waals surface area contributed by atoms with Crippen LogP contribution in [0.1, 0.15) is 23.6 Å². The fourth-order valence-corrected chi connectivity index (χ4v) is 3.27. The van der Waals surface area contributed by atoms with Gasteiger partial charge >= 0.3 is 6.09 Å². The number of fused-ring (bicyclic) bond motifs is 1. The third-order valence-corrected chi connectivity index (χ3v) is 4.74. The molecule has 3 aromatic heterocycles. The molecule has 132 valence electrons. The van der Waals surface area contributed by atoms with Gasteiger partial charge in [-0.1, -0.05) is 11.8 Å². The zero-order valence-corrected chi connectivity index (χ0v) is 14.8. The molecule has 0 saturated carbocycles. The number of aromatic nitrogens is 4. The van der Waals surface area contributed by atoms with Crippen molar-refractivity contribution in [3.8, 4) is 6.07 Å². The van der Waals surface area contributed by atoms with Gasteiger partial charge in [0.15, 0.2) is 5.16 Å². The van der Waals surface area contributed by atoms with Gasteiger partial charge in [-0.2, -0.15) is 5.26 Å². The van der Waals surface area contributed by atoms with E-state index in [0.717, 1.165) is 21.5 Å². The zero-order chi connectivity index (χ0) is 18.8. The second kappa shape index (κ2) is 6.89. The molecule has 0 spiro atoms. The summed E-state index contributed by atoms with van der Waals surface area (Å²) in [5.74, 6) is 0.227. The van der Waals surface area contributed by atoms with Crippen molar-refractivity contribution in [2.45, 2.75) is 17.3 Å². The highest BCUT2D eigenvalue weighted by Gasteiger charge is 2.17. The molecule has 3 heterocycles. The molecule has 3 aromatic rings. The molecule has 0 aliphatic rings. The first-order valence-corrected chi connectivity index (χ1v) is 8.42. The van der Waals surface area contributed by atoms with Crippen molar-refractivity contribution in [1.29, 1.82) is 5.26 Å². The number of carboxylic acid groups (broad SMARTS) is 1. The summed E-state index contributed by atoms with van der Waals surface area (Å²) in [5.41, 5.74) is 7.90. The van der Waals surface area contributed by atoms with E-state index in [1.54, 1.807) is 12.4 Å². The summed E-state index contributed by atoms with van der Waals surface area (Å²) in [5, 5.41) is 19.2. The van der Waals surface area contributed by atoms with Crippen molar-refractivity contribution in [1.82, 2.24) is 19.9 Å². The van der Waals surface area contributed by atoms with E-state index in [-0.39, 0.29) is 16.8 Å². The Morgan fingerprint density at radius 1 is 1.46 bits per heavy atom. The molecule has 0 aliphatic heterocycles. The van der Waals surface area contributed by atoms with Gasteiger partial charge in [-0.05, 0) is 13.0 Å². The van der Waals surface area contributed by atoms with Crippen LogP contribution in [0.2, 0.25) is 0 Å². The number of nitrogens with two attached hydrogens (primary N) is 1. The van der Waals surface area contributed by atoms with E-state index in [2.05, 4.69) is 19.9 Å². The van der Waals surface area contributed by atoms with E-state index in [0.29, 0.717) is 10.8 Å². The number of nitrogens with zero attached hydrogens (tertiary/aromatic N) is 5. The summed E-state index contributed by atoms with van der Waals surface area (Å²) < 4.78 is 0. The number of aromatic amines is 1. The molecule has 1 amide bonds. The maximum absolute atomic E-state index is 11.2. The molecule has 3 rings (SSSR count). The van der Waals surface area contributed by atoms with Crippen LogP contribution in [0.4, 0.5) is 16.3 Å². The van der Waals surface area contributed by atoms with Gasteiger partial charge < -0.3 is 15.8 Å². The summed E-state index contributed by atoms with van der Waals surface area (Å²) in [4.78, 5) is 28.1. The number of rotatable bonds is 4. The molecular formula is C16H15N7O2S. The van der Waals surface area contributed by atoms with Crippen LogP contribution in [-0.2, 0) is 0 Å². The largest absolute Gasteiger partial charge is 0.465 e. The Hall–Kier alpha value is -3.32. The molecule has 0 bridgehead atoms. The van der Waals surface area contributed by atoms with Crippen LogP contribution in [0.15, 0.2) is 29.7 Å². The van der Waals surface area contributed by atoms with Crippen LogP contribution in [0, 0.1) is 11.3 Å². The molecule has 4 N–H and O–H groups in total. The maximum atomic E-state index is 11.2. The highest BCUT2D eigenvalue weighted by Crippen LogP contribution is 2.35. The summed E-state index contributed by atoms with van der Waals surface area (Å²) in [6, 6.07) is 5.19. The number of nitriles is 1. The van der Waals surface area contributed by atoms with Crippen molar-refractivity contribution < 1.29 is 9.90 Å². The van der Waals surface area contributed by atoms with Gasteiger partial charge in [-0.25, -0.2) is 14.8 Å². The molecule has 0 aliphatic carbocycles. The number of nitrogen functional groups attached to an aromatic ring is 1. The molecule has 0 fully saturated rings. The van der Waals surface area contributed by atoms with Gasteiger partial charge in [0.2, 0.25) is 0 Å². The number of hydrogen-bond donors (Lipinski definition) is 3. The van der Waals surface area contributed by atoms with Gasteiger partial charge in [0.05, 0.1) is 28.3 Å². The van der Waals surface area contributed by atoms with Crippen LogP contribution < -0.4 is 10.6 Å². The first kappa shape index (κ1) is 17.5. The topological polar surface area (TPSA) is 145 Å². The molecular weight excluding hydrogens is 354 g/mol. The van der Waals surface area contributed by atoms with Gasteiger partial charge in [0, 0.05) is 24.7 Å². The lowest BCUT2D eigenvalue weighted by Crippen LogP contribution is -2.23. The van der Waals surface area contributed by atoms with Crippen molar-refractivity contribution >= 4 is 40.3 Å². The van der Waals surface area contributed by atoms with Gasteiger partial charge in [-0.3, -0.25) is 9.88 Å². The number of nitrogens with one attached hydrogen (secondary N) is 1. The monoisotopic (exact) mass is 369 g/mol. The lowest BCUT2D eigenvalue weighted by Gasteiger charge is -2.13. The molecule has 0 saturated heterocycles. The Kier molecular flexibility index (Phi) is 4.64. The summed E-state index contributed by atoms with van der Waals surface area (Å²) in [6.45, 7) is 1.92. The number of hydrogen-bond acceptors (Lipinski definition) is 7. The second-order valence-electron chi connectivity index (χ2n) is 5.50. The molecule has 1 unspecified atom stereocenters. The Morgan fingerprint density at radius 3 is 2.92 bits per heavy atom. The van der Waals surface area contributed by atoms with Gasteiger partial charge in [0.1, 0.15) is 17.6 Å². The Morgan fingerprint density at radius 2 is 2.23 bits per heavy atom. The lowest BCUT2D eigenvalue weighted by molar-refractivity contribution is 0.203. The summed E-state index contributed by atoms with van der Waals surface area (Å²) >= 11 is 1.32. The molecule has 1 atom stereocenters. The minimum absolute atomic E-state index is 0.134. The van der Waals surface area contributed by atoms with Gasteiger partial charge in [-0.15, -0.1) is 0 Å². The minimum atomic E-state index is -1.05. The van der Waals surface area contributed by atoms with Crippen molar-refractivity contribution in [2.75, 3.05) is 17.7 Å². The molecule has 0 radical (unpaired) electrons. The predicted octanol–water partition coefficient (Wildman–Crippen LogP) is 2.77. The number of amides is 1. The fourth-order valence-electron chi connectivity index (χ4n) is 2.40. The second-order valence-corrected chi connectivity index (χ2v) is 6.81. The molecule has 10 heteroatoms. The maximum Gasteiger partial charge on any atom is 0.411 e. The third kappa shape index (κ3) is 3.38. The quantitative estimate of drug-likeness (QED) is 0.470. The van der Waals surface area contributed by atoms with Crippen molar-refractivity contribution in [3.63, 3.8) is 0 Å². The van der Waals surface area contributed by atoms with Crippen LogP contribution in [0.5, 0.6) is 0 Å². The van der Waals surface area contributed by atoms with E-state index < -0.39 is 6.09 Å². The minimum Gasteiger partial charge on any atom is -0.465 e. The number of carbonyl (C=O) groups is 1. The normalized spacial score (nSPS) is 11.9. The predicted molar refractivity (Wildman–Crippen MR) is 98.0 cm³/mol. The van der Waals surface area contributed by atoms with Crippen LogP contribution >= 0.6 is 11.8 Å². The highest BCUT2D eigenvalue weighted by molar-refractivity contribution is 7.99. The zero-order valence-electron chi connectivity index (χ0n) is 14.0. The van der Waals surface area contributed by atoms with Crippen molar-refractivity contribution in [2.24, 2.45) is 0 Å². The Balaban J connectivity index is 1.92. The number of anilines is 2. The SMILES string of the molecule is CC(Sc1nc(N)cc(C#N)n1)c1cc2c(N(C)C(=O)O)c[nH]c2cn1. The average Bonchev–Trinajstić information content (AvgIpc) is 3.03. The molecule has 26 heavy (non-hydrogen) atoms. The van der Waals surface area contributed by atoms with Gasteiger partial charge in [0.25, 0.3) is 0 Å². The Labute approximate surface area is 152 Å². The average molecular weight is 369 g/mol. The van der Waals surface area contributed by atoms with Crippen LogP contribution in [-0.4, -0.2) is 38.2 Å².